The van der Waals surface area contributed by atoms with E-state index in [1.165, 1.54) is 24.4 Å². The van der Waals surface area contributed by atoms with E-state index < -0.39 is 0 Å². The Balaban J connectivity index is 1.70. The van der Waals surface area contributed by atoms with Crippen molar-refractivity contribution >= 4 is 11.8 Å². The Bertz CT molecular complexity index is 342. The summed E-state index contributed by atoms with van der Waals surface area (Å²) in [4.78, 5) is 2.52. The fourth-order valence-electron chi connectivity index (χ4n) is 2.48. The highest BCUT2D eigenvalue weighted by molar-refractivity contribution is 7.99. The smallest absolute Gasteiger partial charge is 0.0171 e. The van der Waals surface area contributed by atoms with E-state index >= 15 is 0 Å². The van der Waals surface area contributed by atoms with Crippen LogP contribution in [0.25, 0.3) is 0 Å². The lowest BCUT2D eigenvalue weighted by atomic mass is 10.1. The van der Waals surface area contributed by atoms with Crippen molar-refractivity contribution in [3.8, 4) is 0 Å². The lowest BCUT2D eigenvalue weighted by molar-refractivity contribution is 0.263. The summed E-state index contributed by atoms with van der Waals surface area (Å²) < 4.78 is 0. The molecule has 0 saturated carbocycles. The normalized spacial score (nSPS) is 22.9. The molecule has 2 nitrogen and oxygen atoms in total. The lowest BCUT2D eigenvalue weighted by Crippen LogP contribution is -2.44. The highest BCUT2D eigenvalue weighted by atomic mass is 32.2. The van der Waals surface area contributed by atoms with Gasteiger partial charge in [0.1, 0.15) is 0 Å². The largest absolute Gasteiger partial charge is 0.327 e. The number of hydrogen-bond acceptors (Lipinski definition) is 3. The first-order chi connectivity index (χ1) is 8.74. The zero-order chi connectivity index (χ0) is 12.8. The molecule has 2 unspecified atom stereocenters. The first kappa shape index (κ1) is 13.9. The summed E-state index contributed by atoms with van der Waals surface area (Å²) >= 11 is 2.08. The van der Waals surface area contributed by atoms with Crippen LogP contribution >= 0.6 is 11.8 Å². The van der Waals surface area contributed by atoms with Crippen molar-refractivity contribution < 1.29 is 0 Å². The Labute approximate surface area is 115 Å². The van der Waals surface area contributed by atoms with Crippen LogP contribution in [-0.4, -0.2) is 41.6 Å². The summed E-state index contributed by atoms with van der Waals surface area (Å²) in [5.74, 6) is 1.26. The molecule has 0 bridgehead atoms. The number of rotatable bonds is 5. The van der Waals surface area contributed by atoms with E-state index in [1.807, 2.05) is 0 Å². The van der Waals surface area contributed by atoms with E-state index in [0.717, 1.165) is 24.6 Å². The van der Waals surface area contributed by atoms with Crippen molar-refractivity contribution in [2.24, 2.45) is 5.73 Å². The van der Waals surface area contributed by atoms with Gasteiger partial charge >= 0.3 is 0 Å². The van der Waals surface area contributed by atoms with Crippen molar-refractivity contribution in [3.63, 3.8) is 0 Å². The number of benzene rings is 1. The van der Waals surface area contributed by atoms with E-state index in [0.29, 0.717) is 6.04 Å². The number of nitrogens with zero attached hydrogens (tertiary/aromatic N) is 1. The summed E-state index contributed by atoms with van der Waals surface area (Å²) in [7, 11) is 0. The topological polar surface area (TPSA) is 29.3 Å². The van der Waals surface area contributed by atoms with Gasteiger partial charge in [-0.1, -0.05) is 37.3 Å². The van der Waals surface area contributed by atoms with Crippen molar-refractivity contribution in [2.45, 2.75) is 31.1 Å². The maximum Gasteiger partial charge on any atom is 0.0171 e. The van der Waals surface area contributed by atoms with E-state index in [9.17, 15) is 0 Å². The molecule has 0 amide bonds. The molecule has 0 radical (unpaired) electrons. The second kappa shape index (κ2) is 7.17. The molecule has 2 atom stereocenters. The monoisotopic (exact) mass is 264 g/mol. The molecule has 1 aromatic rings. The molecule has 2 N–H and O–H groups in total. The number of nitrogens with two attached hydrogens (primary N) is 1. The number of thioether (sulfide) groups is 1. The van der Waals surface area contributed by atoms with Gasteiger partial charge in [0.05, 0.1) is 0 Å². The van der Waals surface area contributed by atoms with Gasteiger partial charge in [0, 0.05) is 36.7 Å². The third-order valence-corrected chi connectivity index (χ3v) is 4.60. The second-order valence-corrected chi connectivity index (χ2v) is 6.77. The minimum Gasteiger partial charge on any atom is -0.327 e. The predicted molar refractivity (Wildman–Crippen MR) is 81.1 cm³/mol. The van der Waals surface area contributed by atoms with Crippen LogP contribution in [0.4, 0.5) is 0 Å². The first-order valence-corrected chi connectivity index (χ1v) is 7.92. The first-order valence-electron chi connectivity index (χ1n) is 6.87. The molecule has 1 heterocycles. The quantitative estimate of drug-likeness (QED) is 0.885. The van der Waals surface area contributed by atoms with E-state index in [-0.39, 0.29) is 0 Å². The molecule has 100 valence electrons. The molecule has 18 heavy (non-hydrogen) atoms. The van der Waals surface area contributed by atoms with Gasteiger partial charge in [-0.25, -0.2) is 0 Å². The summed E-state index contributed by atoms with van der Waals surface area (Å²) in [5, 5.41) is 0.764. The highest BCUT2D eigenvalue weighted by Gasteiger charge is 2.18. The molecule has 0 spiro atoms. The molecule has 3 heteroatoms. The Hall–Kier alpha value is -0.510. The summed E-state index contributed by atoms with van der Waals surface area (Å²) in [5.41, 5.74) is 7.65. The van der Waals surface area contributed by atoms with Crippen LogP contribution in [0.15, 0.2) is 30.3 Å². The van der Waals surface area contributed by atoms with Crippen LogP contribution in [0.3, 0.4) is 0 Å². The molecule has 1 fully saturated rings. The third kappa shape index (κ3) is 4.63. The molecule has 1 aliphatic rings. The second-order valence-electron chi connectivity index (χ2n) is 5.23. The Morgan fingerprint density at radius 3 is 2.89 bits per heavy atom. The van der Waals surface area contributed by atoms with Gasteiger partial charge in [-0.15, -0.1) is 0 Å². The zero-order valence-corrected chi connectivity index (χ0v) is 12.0. The zero-order valence-electron chi connectivity index (χ0n) is 11.2. The Morgan fingerprint density at radius 1 is 1.39 bits per heavy atom. The Kier molecular flexibility index (Phi) is 5.54. The number of hydrogen-bond donors (Lipinski definition) is 1. The van der Waals surface area contributed by atoms with Crippen LogP contribution in [0.2, 0.25) is 0 Å². The third-order valence-electron chi connectivity index (χ3n) is 3.46. The summed E-state index contributed by atoms with van der Waals surface area (Å²) in [6.07, 6.45) is 2.18. The predicted octanol–water partition coefficient (Wildman–Crippen LogP) is 2.38. The molecule has 0 aromatic heterocycles. The van der Waals surface area contributed by atoms with Gasteiger partial charge in [-0.3, -0.25) is 4.90 Å². The fourth-order valence-corrected chi connectivity index (χ4v) is 3.56. The SMILES string of the molecule is CC1CN(CC(N)CCc2ccccc2)CCS1. The van der Waals surface area contributed by atoms with E-state index in [2.05, 4.69) is 53.9 Å². The highest BCUT2D eigenvalue weighted by Crippen LogP contribution is 2.18. The lowest BCUT2D eigenvalue weighted by Gasteiger charge is -2.32. The van der Waals surface area contributed by atoms with Crippen LogP contribution in [0, 0.1) is 0 Å². The molecular weight excluding hydrogens is 240 g/mol. The van der Waals surface area contributed by atoms with Crippen molar-refractivity contribution in [1.82, 2.24) is 4.90 Å². The molecular formula is C15H24N2S. The maximum absolute atomic E-state index is 6.25. The van der Waals surface area contributed by atoms with Crippen molar-refractivity contribution in [3.05, 3.63) is 35.9 Å². The van der Waals surface area contributed by atoms with Crippen LogP contribution in [0.5, 0.6) is 0 Å². The minimum absolute atomic E-state index is 0.306. The maximum atomic E-state index is 6.25. The van der Waals surface area contributed by atoms with Gasteiger partial charge in [0.2, 0.25) is 0 Å². The van der Waals surface area contributed by atoms with Crippen LogP contribution in [0.1, 0.15) is 18.9 Å². The minimum atomic E-state index is 0.306. The van der Waals surface area contributed by atoms with Crippen molar-refractivity contribution in [2.75, 3.05) is 25.4 Å². The van der Waals surface area contributed by atoms with E-state index in [1.54, 1.807) is 0 Å². The van der Waals surface area contributed by atoms with Crippen molar-refractivity contribution in [1.29, 1.82) is 0 Å². The molecule has 2 rings (SSSR count). The molecule has 1 saturated heterocycles. The molecule has 1 aliphatic heterocycles. The van der Waals surface area contributed by atoms with Crippen LogP contribution in [-0.2, 0) is 6.42 Å². The Morgan fingerprint density at radius 2 is 2.17 bits per heavy atom. The molecule has 0 aliphatic carbocycles. The summed E-state index contributed by atoms with van der Waals surface area (Å²) in [6.45, 7) is 5.77. The van der Waals surface area contributed by atoms with Gasteiger partial charge < -0.3 is 5.73 Å². The average Bonchev–Trinajstić information content (AvgIpc) is 2.38. The van der Waals surface area contributed by atoms with Gasteiger partial charge in [-0.2, -0.15) is 11.8 Å². The van der Waals surface area contributed by atoms with Gasteiger partial charge in [-0.05, 0) is 18.4 Å². The standard InChI is InChI=1S/C15H24N2S/c1-13-11-17(9-10-18-13)12-15(16)8-7-14-5-3-2-4-6-14/h2-6,13,15H,7-12,16H2,1H3. The fraction of sp³-hybridized carbons (Fsp3) is 0.600. The average molecular weight is 264 g/mol. The summed E-state index contributed by atoms with van der Waals surface area (Å²) in [6, 6.07) is 10.9. The van der Waals surface area contributed by atoms with E-state index in [4.69, 9.17) is 5.73 Å². The molecule has 1 aromatic carbocycles. The number of aryl methyl sites for hydroxylation is 1. The van der Waals surface area contributed by atoms with Gasteiger partial charge in [0.15, 0.2) is 0 Å². The van der Waals surface area contributed by atoms with Crippen LogP contribution < -0.4 is 5.73 Å². The van der Waals surface area contributed by atoms with Gasteiger partial charge in [0.25, 0.3) is 0 Å².